The average molecular weight is 381 g/mol. The molecule has 0 aliphatic rings. The summed E-state index contributed by atoms with van der Waals surface area (Å²) in [5.41, 5.74) is 0.0989. The van der Waals surface area contributed by atoms with Crippen LogP contribution in [-0.4, -0.2) is 38.0 Å². The van der Waals surface area contributed by atoms with E-state index < -0.39 is 23.5 Å². The van der Waals surface area contributed by atoms with Crippen molar-refractivity contribution in [3.63, 3.8) is 0 Å². The number of rotatable bonds is 6. The second kappa shape index (κ2) is 8.30. The van der Waals surface area contributed by atoms with E-state index >= 15 is 0 Å². The maximum absolute atomic E-state index is 12.7. The van der Waals surface area contributed by atoms with Crippen LogP contribution in [0.3, 0.4) is 0 Å². The van der Waals surface area contributed by atoms with Gasteiger partial charge in [-0.05, 0) is 38.1 Å². The number of nitrogens with zero attached hydrogens (tertiary/aromatic N) is 4. The smallest absolute Gasteiger partial charge is 0.340 e. The second-order valence-electron chi connectivity index (χ2n) is 5.86. The molecule has 0 fully saturated rings. The Labute approximate surface area is 160 Å². The van der Waals surface area contributed by atoms with Crippen LogP contribution in [0.5, 0.6) is 0 Å². The monoisotopic (exact) mass is 381 g/mol. The SMILES string of the molecule is CCOC(=O)c1ccccc1NC(=O)[C@H](C)n1nc(-n2cccn2)ccc1=O. The van der Waals surface area contributed by atoms with Gasteiger partial charge in [0.15, 0.2) is 5.82 Å². The summed E-state index contributed by atoms with van der Waals surface area (Å²) >= 11 is 0. The summed E-state index contributed by atoms with van der Waals surface area (Å²) in [6.07, 6.45) is 3.26. The van der Waals surface area contributed by atoms with Gasteiger partial charge >= 0.3 is 5.97 Å². The molecule has 1 aromatic carbocycles. The van der Waals surface area contributed by atoms with Gasteiger partial charge in [-0.3, -0.25) is 9.59 Å². The number of anilines is 1. The number of carbonyl (C=O) groups is 2. The van der Waals surface area contributed by atoms with Gasteiger partial charge in [-0.2, -0.15) is 5.10 Å². The number of carbonyl (C=O) groups excluding carboxylic acids is 2. The minimum absolute atomic E-state index is 0.219. The van der Waals surface area contributed by atoms with Crippen molar-refractivity contribution in [1.29, 1.82) is 0 Å². The van der Waals surface area contributed by atoms with Crippen LogP contribution in [-0.2, 0) is 9.53 Å². The van der Waals surface area contributed by atoms with Crippen molar-refractivity contribution in [2.45, 2.75) is 19.9 Å². The lowest BCUT2D eigenvalue weighted by atomic mass is 10.1. The topological polar surface area (TPSA) is 108 Å². The molecule has 0 saturated carbocycles. The number of esters is 1. The van der Waals surface area contributed by atoms with Crippen LogP contribution in [0.15, 0.2) is 59.7 Å². The molecule has 0 spiro atoms. The maximum Gasteiger partial charge on any atom is 0.340 e. The molecule has 28 heavy (non-hydrogen) atoms. The molecule has 2 aromatic heterocycles. The third-order valence-electron chi connectivity index (χ3n) is 3.98. The Hall–Kier alpha value is -3.75. The van der Waals surface area contributed by atoms with Gasteiger partial charge < -0.3 is 10.1 Å². The van der Waals surface area contributed by atoms with E-state index in [9.17, 15) is 14.4 Å². The lowest BCUT2D eigenvalue weighted by Gasteiger charge is -2.16. The van der Waals surface area contributed by atoms with E-state index in [-0.39, 0.29) is 12.2 Å². The molecular weight excluding hydrogens is 362 g/mol. The number of nitrogens with one attached hydrogen (secondary N) is 1. The molecule has 0 aliphatic heterocycles. The molecule has 9 heteroatoms. The molecular formula is C19H19N5O4. The van der Waals surface area contributed by atoms with Gasteiger partial charge in [-0.25, -0.2) is 14.2 Å². The fourth-order valence-electron chi connectivity index (χ4n) is 2.55. The molecule has 0 radical (unpaired) electrons. The predicted octanol–water partition coefficient (Wildman–Crippen LogP) is 1.81. The summed E-state index contributed by atoms with van der Waals surface area (Å²) in [4.78, 5) is 37.0. The van der Waals surface area contributed by atoms with E-state index in [1.165, 1.54) is 16.8 Å². The van der Waals surface area contributed by atoms with Crippen LogP contribution in [0.25, 0.3) is 5.82 Å². The molecule has 144 valence electrons. The van der Waals surface area contributed by atoms with E-state index in [0.29, 0.717) is 11.5 Å². The molecule has 0 unspecified atom stereocenters. The first-order valence-electron chi connectivity index (χ1n) is 8.68. The van der Waals surface area contributed by atoms with Gasteiger partial charge in [0, 0.05) is 18.5 Å². The first-order valence-corrected chi connectivity index (χ1v) is 8.68. The quantitative estimate of drug-likeness (QED) is 0.653. The normalized spacial score (nSPS) is 11.6. The Morgan fingerprint density at radius 1 is 1.18 bits per heavy atom. The first-order chi connectivity index (χ1) is 13.5. The molecule has 3 rings (SSSR count). The van der Waals surface area contributed by atoms with Crippen molar-refractivity contribution < 1.29 is 14.3 Å². The molecule has 0 saturated heterocycles. The van der Waals surface area contributed by atoms with Crippen molar-refractivity contribution in [2.24, 2.45) is 0 Å². The zero-order valence-electron chi connectivity index (χ0n) is 15.4. The lowest BCUT2D eigenvalue weighted by Crippen LogP contribution is -2.34. The molecule has 0 bridgehead atoms. The highest BCUT2D eigenvalue weighted by Crippen LogP contribution is 2.18. The van der Waals surface area contributed by atoms with Crippen molar-refractivity contribution in [3.8, 4) is 5.82 Å². The van der Waals surface area contributed by atoms with Crippen molar-refractivity contribution in [1.82, 2.24) is 19.6 Å². The van der Waals surface area contributed by atoms with Gasteiger partial charge in [-0.15, -0.1) is 5.10 Å². The van der Waals surface area contributed by atoms with Gasteiger partial charge in [0.1, 0.15) is 6.04 Å². The summed E-state index contributed by atoms with van der Waals surface area (Å²) in [7, 11) is 0. The lowest BCUT2D eigenvalue weighted by molar-refractivity contribution is -0.119. The van der Waals surface area contributed by atoms with Gasteiger partial charge in [0.05, 0.1) is 17.9 Å². The van der Waals surface area contributed by atoms with Crippen LogP contribution < -0.4 is 10.9 Å². The van der Waals surface area contributed by atoms with E-state index in [1.54, 1.807) is 56.6 Å². The molecule has 3 aromatic rings. The number of hydrogen-bond donors (Lipinski definition) is 1. The minimum atomic E-state index is -0.918. The van der Waals surface area contributed by atoms with Gasteiger partial charge in [0.25, 0.3) is 5.56 Å². The molecule has 1 N–H and O–H groups in total. The van der Waals surface area contributed by atoms with E-state index in [2.05, 4.69) is 15.5 Å². The number of aromatic nitrogens is 4. The third-order valence-corrected chi connectivity index (χ3v) is 3.98. The van der Waals surface area contributed by atoms with Crippen LogP contribution in [0, 0.1) is 0 Å². The minimum Gasteiger partial charge on any atom is -0.462 e. The third kappa shape index (κ3) is 3.98. The highest BCUT2D eigenvalue weighted by atomic mass is 16.5. The summed E-state index contributed by atoms with van der Waals surface area (Å²) < 4.78 is 7.56. The molecule has 0 aliphatic carbocycles. The Bertz CT molecular complexity index is 1040. The fraction of sp³-hybridized carbons (Fsp3) is 0.211. The average Bonchev–Trinajstić information content (AvgIpc) is 3.23. The molecule has 1 atom stereocenters. The highest BCUT2D eigenvalue weighted by molar-refractivity contribution is 6.02. The number of amides is 1. The molecule has 9 nitrogen and oxygen atoms in total. The van der Waals surface area contributed by atoms with E-state index in [1.807, 2.05) is 0 Å². The largest absolute Gasteiger partial charge is 0.462 e. The van der Waals surface area contributed by atoms with Crippen LogP contribution in [0.1, 0.15) is 30.2 Å². The Kier molecular flexibility index (Phi) is 5.64. The second-order valence-corrected chi connectivity index (χ2v) is 5.86. The number of para-hydroxylation sites is 1. The Morgan fingerprint density at radius 3 is 2.68 bits per heavy atom. The first kappa shape index (κ1) is 19.0. The zero-order chi connectivity index (χ0) is 20.1. The van der Waals surface area contributed by atoms with Crippen molar-refractivity contribution >= 4 is 17.6 Å². The van der Waals surface area contributed by atoms with Crippen molar-refractivity contribution in [2.75, 3.05) is 11.9 Å². The molecule has 1 amide bonds. The standard InChI is InChI=1S/C19H19N5O4/c1-3-28-19(27)14-7-4-5-8-15(14)21-18(26)13(2)24-17(25)10-9-16(22-24)23-12-6-11-20-23/h4-13H,3H2,1-2H3,(H,21,26)/t13-/m0/s1. The van der Waals surface area contributed by atoms with Crippen LogP contribution >= 0.6 is 0 Å². The van der Waals surface area contributed by atoms with Crippen LogP contribution in [0.4, 0.5) is 5.69 Å². The van der Waals surface area contributed by atoms with Crippen molar-refractivity contribution in [3.05, 3.63) is 70.8 Å². The maximum atomic E-state index is 12.7. The number of ether oxygens (including phenoxy) is 1. The zero-order valence-corrected chi connectivity index (χ0v) is 15.4. The van der Waals surface area contributed by atoms with E-state index in [4.69, 9.17) is 4.74 Å². The Morgan fingerprint density at radius 2 is 1.96 bits per heavy atom. The van der Waals surface area contributed by atoms with Crippen LogP contribution in [0.2, 0.25) is 0 Å². The summed E-state index contributed by atoms with van der Waals surface area (Å²) in [5.74, 6) is -0.637. The summed E-state index contributed by atoms with van der Waals surface area (Å²) in [6.45, 7) is 3.46. The van der Waals surface area contributed by atoms with Gasteiger partial charge in [-0.1, -0.05) is 12.1 Å². The highest BCUT2D eigenvalue weighted by Gasteiger charge is 2.21. The Balaban J connectivity index is 1.86. The molecule has 2 heterocycles. The summed E-state index contributed by atoms with van der Waals surface area (Å²) in [6, 6.07) is 10.1. The summed E-state index contributed by atoms with van der Waals surface area (Å²) in [5, 5.41) is 10.9. The predicted molar refractivity (Wildman–Crippen MR) is 101 cm³/mol. The van der Waals surface area contributed by atoms with E-state index in [0.717, 1.165) is 4.68 Å². The number of hydrogen-bond acceptors (Lipinski definition) is 6. The number of benzene rings is 1. The fourth-order valence-corrected chi connectivity index (χ4v) is 2.55. The van der Waals surface area contributed by atoms with Gasteiger partial charge in [0.2, 0.25) is 5.91 Å².